The maximum absolute atomic E-state index is 14.0. The van der Waals surface area contributed by atoms with E-state index in [2.05, 4.69) is 0 Å². The molecule has 1 aliphatic rings. The van der Waals surface area contributed by atoms with E-state index in [0.717, 1.165) is 5.56 Å². The van der Waals surface area contributed by atoms with Gasteiger partial charge in [0.15, 0.2) is 0 Å². The molecule has 1 aliphatic heterocycles. The number of fused-ring (bicyclic) bond motifs is 1. The summed E-state index contributed by atoms with van der Waals surface area (Å²) in [6, 6.07) is 20.4. The van der Waals surface area contributed by atoms with Crippen LogP contribution in [0.3, 0.4) is 0 Å². The summed E-state index contributed by atoms with van der Waals surface area (Å²) in [7, 11) is -2.56. The van der Waals surface area contributed by atoms with Crippen LogP contribution >= 0.6 is 0 Å². The molecule has 3 aromatic rings. The van der Waals surface area contributed by atoms with E-state index in [0.29, 0.717) is 28.8 Å². The number of sulfonamides is 1. The van der Waals surface area contributed by atoms with E-state index in [-0.39, 0.29) is 28.4 Å². The lowest BCUT2D eigenvalue weighted by Gasteiger charge is -2.37. The summed E-state index contributed by atoms with van der Waals surface area (Å²) in [5, 5.41) is 0. The van der Waals surface area contributed by atoms with Crippen LogP contribution in [0.15, 0.2) is 83.3 Å². The number of allylic oxidation sites excluding steroid dienone is 1. The predicted molar refractivity (Wildman–Crippen MR) is 131 cm³/mol. The Kier molecular flexibility index (Phi) is 6.39. The third-order valence-corrected chi connectivity index (χ3v) is 7.65. The Morgan fingerprint density at radius 1 is 1.00 bits per heavy atom. The zero-order valence-corrected chi connectivity index (χ0v) is 20.0. The molecule has 0 unspecified atom stereocenters. The molecule has 0 fully saturated rings. The third kappa shape index (κ3) is 4.15. The third-order valence-electron chi connectivity index (χ3n) is 5.92. The van der Waals surface area contributed by atoms with Crippen molar-refractivity contribution in [2.45, 2.75) is 31.1 Å². The fourth-order valence-electron chi connectivity index (χ4n) is 4.28. The smallest absolute Gasteiger partial charge is 0.268 e. The van der Waals surface area contributed by atoms with Gasteiger partial charge < -0.3 is 4.74 Å². The van der Waals surface area contributed by atoms with Crippen molar-refractivity contribution in [2.75, 3.05) is 11.4 Å². The first kappa shape index (κ1) is 23.4. The minimum atomic E-state index is -4.10. The highest BCUT2D eigenvalue weighted by atomic mass is 32.2. The number of anilines is 1. The van der Waals surface area contributed by atoms with Crippen LogP contribution in [-0.4, -0.2) is 27.6 Å². The number of Topliss-reactive ketones (excluding diaryl/α,β-unsaturated/α-hetero) is 1. The van der Waals surface area contributed by atoms with Crippen LogP contribution in [0.4, 0.5) is 5.69 Å². The second kappa shape index (κ2) is 9.27. The fourth-order valence-corrected chi connectivity index (χ4v) is 5.85. The molecule has 0 saturated carbocycles. The highest BCUT2D eigenvalue weighted by Gasteiger charge is 2.40. The van der Waals surface area contributed by atoms with Gasteiger partial charge in [-0.2, -0.15) is 0 Å². The number of benzene rings is 3. The molecule has 0 bridgehead atoms. The van der Waals surface area contributed by atoms with Gasteiger partial charge in [-0.3, -0.25) is 9.59 Å². The average Bonchev–Trinajstić information content (AvgIpc) is 2.83. The number of nitrogens with zero attached hydrogens (tertiary/aromatic N) is 1. The van der Waals surface area contributed by atoms with Crippen LogP contribution in [0.25, 0.3) is 5.70 Å². The van der Waals surface area contributed by atoms with Gasteiger partial charge in [0.05, 0.1) is 23.4 Å². The number of carbonyl (C=O) groups is 2. The maximum atomic E-state index is 14.0. The highest BCUT2D eigenvalue weighted by molar-refractivity contribution is 7.93. The molecule has 4 rings (SSSR count). The standard InChI is InChI=1S/C27H25NO5S/c1-18-8-14-22(15-9-18)34(31,32)28-26-7-5-4-6-23(26)24(16-19(2)30)25(17-29)27(28)20-10-12-21(33-3)13-11-20/h4-15,17,24H,16H2,1-3H3/t24-/m1/s1. The molecule has 174 valence electrons. The minimum Gasteiger partial charge on any atom is -0.497 e. The first-order chi connectivity index (χ1) is 16.3. The zero-order valence-electron chi connectivity index (χ0n) is 19.2. The SMILES string of the molecule is COc1ccc(C2=C(C=O)[C@H](CC(C)=O)c3ccccc3N2S(=O)(=O)c2ccc(C)cc2)cc1. The van der Waals surface area contributed by atoms with E-state index in [1.54, 1.807) is 79.9 Å². The van der Waals surface area contributed by atoms with Gasteiger partial charge in [0.25, 0.3) is 10.0 Å². The van der Waals surface area contributed by atoms with Crippen molar-refractivity contribution >= 4 is 33.5 Å². The average molecular weight is 476 g/mol. The number of aldehydes is 1. The van der Waals surface area contributed by atoms with Crippen molar-refractivity contribution in [1.29, 1.82) is 0 Å². The lowest BCUT2D eigenvalue weighted by atomic mass is 9.81. The van der Waals surface area contributed by atoms with E-state index >= 15 is 0 Å². The Morgan fingerprint density at radius 2 is 1.65 bits per heavy atom. The number of aryl methyl sites for hydroxylation is 1. The summed E-state index contributed by atoms with van der Waals surface area (Å²) < 4.78 is 34.6. The lowest BCUT2D eigenvalue weighted by Crippen LogP contribution is -2.35. The Balaban J connectivity index is 2.05. The Hall–Kier alpha value is -3.71. The number of ketones is 1. The van der Waals surface area contributed by atoms with Crippen molar-refractivity contribution < 1.29 is 22.7 Å². The number of para-hydroxylation sites is 1. The van der Waals surface area contributed by atoms with E-state index in [1.165, 1.54) is 11.2 Å². The lowest BCUT2D eigenvalue weighted by molar-refractivity contribution is -0.117. The van der Waals surface area contributed by atoms with Gasteiger partial charge in [-0.1, -0.05) is 35.9 Å². The van der Waals surface area contributed by atoms with E-state index in [9.17, 15) is 18.0 Å². The van der Waals surface area contributed by atoms with Crippen molar-refractivity contribution in [3.63, 3.8) is 0 Å². The Bertz CT molecular complexity index is 1370. The molecular weight excluding hydrogens is 450 g/mol. The Labute approximate surface area is 199 Å². The summed E-state index contributed by atoms with van der Waals surface area (Å²) >= 11 is 0. The molecule has 1 heterocycles. The molecular formula is C27H25NO5S. The fraction of sp³-hybridized carbons (Fsp3) is 0.185. The number of hydrogen-bond acceptors (Lipinski definition) is 5. The monoisotopic (exact) mass is 475 g/mol. The number of methoxy groups -OCH3 is 1. The molecule has 6 nitrogen and oxygen atoms in total. The van der Waals surface area contributed by atoms with E-state index in [1.807, 2.05) is 6.92 Å². The number of carbonyl (C=O) groups excluding carboxylic acids is 2. The van der Waals surface area contributed by atoms with Crippen molar-refractivity contribution in [1.82, 2.24) is 0 Å². The number of ether oxygens (including phenoxy) is 1. The topological polar surface area (TPSA) is 80.8 Å². The zero-order chi connectivity index (χ0) is 24.5. The molecule has 0 aromatic heterocycles. The van der Waals surface area contributed by atoms with Gasteiger partial charge in [-0.15, -0.1) is 0 Å². The summed E-state index contributed by atoms with van der Waals surface area (Å²) in [6.07, 6.45) is 0.754. The quantitative estimate of drug-likeness (QED) is 0.455. The molecule has 0 saturated heterocycles. The molecule has 0 aliphatic carbocycles. The van der Waals surface area contributed by atoms with Crippen LogP contribution in [0.2, 0.25) is 0 Å². The van der Waals surface area contributed by atoms with E-state index < -0.39 is 15.9 Å². The van der Waals surface area contributed by atoms with Gasteiger partial charge in [0, 0.05) is 17.9 Å². The summed E-state index contributed by atoms with van der Waals surface area (Å²) in [4.78, 5) is 24.8. The molecule has 0 N–H and O–H groups in total. The largest absolute Gasteiger partial charge is 0.497 e. The van der Waals surface area contributed by atoms with Crippen LogP contribution in [-0.2, 0) is 19.6 Å². The second-order valence-electron chi connectivity index (χ2n) is 8.25. The summed E-state index contributed by atoms with van der Waals surface area (Å²) in [5.41, 5.74) is 2.98. The van der Waals surface area contributed by atoms with Crippen LogP contribution in [0.1, 0.15) is 36.0 Å². The molecule has 0 radical (unpaired) electrons. The molecule has 7 heteroatoms. The summed E-state index contributed by atoms with van der Waals surface area (Å²) in [6.45, 7) is 3.35. The van der Waals surface area contributed by atoms with Gasteiger partial charge in [-0.05, 0) is 67.4 Å². The normalized spacial score (nSPS) is 15.6. The predicted octanol–water partition coefficient (Wildman–Crippen LogP) is 4.89. The van der Waals surface area contributed by atoms with Crippen molar-refractivity contribution in [3.8, 4) is 5.75 Å². The Morgan fingerprint density at radius 3 is 2.24 bits per heavy atom. The molecule has 0 amide bonds. The van der Waals surface area contributed by atoms with Crippen LogP contribution in [0, 0.1) is 6.92 Å². The molecule has 3 aromatic carbocycles. The number of hydrogen-bond donors (Lipinski definition) is 0. The van der Waals surface area contributed by atoms with Gasteiger partial charge in [-0.25, -0.2) is 12.7 Å². The minimum absolute atomic E-state index is 0.0865. The first-order valence-corrected chi connectivity index (χ1v) is 12.3. The molecule has 0 spiro atoms. The number of rotatable bonds is 7. The first-order valence-electron chi connectivity index (χ1n) is 10.8. The second-order valence-corrected chi connectivity index (χ2v) is 10.0. The maximum Gasteiger partial charge on any atom is 0.268 e. The van der Waals surface area contributed by atoms with Gasteiger partial charge in [0.1, 0.15) is 17.8 Å². The van der Waals surface area contributed by atoms with Gasteiger partial charge >= 0.3 is 0 Å². The highest BCUT2D eigenvalue weighted by Crippen LogP contribution is 2.48. The van der Waals surface area contributed by atoms with Crippen molar-refractivity contribution in [2.24, 2.45) is 0 Å². The molecule has 34 heavy (non-hydrogen) atoms. The van der Waals surface area contributed by atoms with Crippen molar-refractivity contribution in [3.05, 3.63) is 95.1 Å². The van der Waals surface area contributed by atoms with Gasteiger partial charge in [0.2, 0.25) is 0 Å². The summed E-state index contributed by atoms with van der Waals surface area (Å²) in [5.74, 6) is -0.0581. The molecule has 1 atom stereocenters. The van der Waals surface area contributed by atoms with Crippen LogP contribution in [0.5, 0.6) is 5.75 Å². The van der Waals surface area contributed by atoms with Crippen LogP contribution < -0.4 is 9.04 Å². The van der Waals surface area contributed by atoms with E-state index in [4.69, 9.17) is 4.74 Å².